The molecule has 17 heavy (non-hydrogen) atoms. The average molecular weight is 253 g/mol. The molecule has 0 unspecified atom stereocenters. The van der Waals surface area contributed by atoms with Crippen LogP contribution in [0.5, 0.6) is 5.75 Å². The molecule has 2 aromatic rings. The zero-order valence-electron chi connectivity index (χ0n) is 8.94. The van der Waals surface area contributed by atoms with E-state index in [-0.39, 0.29) is 0 Å². The van der Waals surface area contributed by atoms with Gasteiger partial charge in [0.2, 0.25) is 5.43 Å². The third-order valence-electron chi connectivity index (χ3n) is 2.23. The number of hydrogen-bond donors (Lipinski definition) is 1. The summed E-state index contributed by atoms with van der Waals surface area (Å²) in [7, 11) is 1.47. The Hall–Kier alpha value is -2.01. The van der Waals surface area contributed by atoms with Gasteiger partial charge in [0.15, 0.2) is 0 Å². The number of aromatic nitrogens is 2. The maximum Gasteiger partial charge on any atom is 0.317 e. The lowest BCUT2D eigenvalue weighted by Gasteiger charge is -2.10. The quantitative estimate of drug-likeness (QED) is 0.817. The molecule has 2 rings (SSSR count). The number of benzene rings is 1. The van der Waals surface area contributed by atoms with Crippen molar-refractivity contribution in [2.75, 3.05) is 7.11 Å². The standard InChI is InChI=1S/C11H9ClN2O3/c1-17-10-3-2-7(12)6-8(10)14-11(16)9(15)4-5-13-14/h2-6,13H,1H3. The molecular formula is C11H9ClN2O3. The van der Waals surface area contributed by atoms with E-state index < -0.39 is 11.0 Å². The molecule has 0 amide bonds. The summed E-state index contributed by atoms with van der Waals surface area (Å²) in [6.07, 6.45) is 1.38. The SMILES string of the molecule is COc1ccc(Cl)cc1-n1[nH]ccc(=O)c1=O. The molecule has 0 spiro atoms. The zero-order chi connectivity index (χ0) is 12.4. The van der Waals surface area contributed by atoms with Gasteiger partial charge in [0.1, 0.15) is 11.4 Å². The molecule has 5 nitrogen and oxygen atoms in total. The van der Waals surface area contributed by atoms with Gasteiger partial charge < -0.3 is 4.74 Å². The topological polar surface area (TPSA) is 64.1 Å². The summed E-state index contributed by atoms with van der Waals surface area (Å²) in [6.45, 7) is 0. The summed E-state index contributed by atoms with van der Waals surface area (Å²) in [4.78, 5) is 22.9. The van der Waals surface area contributed by atoms with Gasteiger partial charge in [-0.05, 0) is 18.2 Å². The Morgan fingerprint density at radius 3 is 2.76 bits per heavy atom. The first-order chi connectivity index (χ1) is 8.13. The molecule has 0 saturated carbocycles. The van der Waals surface area contributed by atoms with Crippen LogP contribution in [-0.4, -0.2) is 16.9 Å². The highest BCUT2D eigenvalue weighted by Gasteiger charge is 2.09. The maximum absolute atomic E-state index is 11.7. The third-order valence-corrected chi connectivity index (χ3v) is 2.47. The zero-order valence-corrected chi connectivity index (χ0v) is 9.69. The minimum Gasteiger partial charge on any atom is -0.494 e. The minimum absolute atomic E-state index is 0.391. The van der Waals surface area contributed by atoms with Gasteiger partial charge in [0.25, 0.3) is 0 Å². The highest BCUT2D eigenvalue weighted by molar-refractivity contribution is 6.30. The average Bonchev–Trinajstić information content (AvgIpc) is 2.33. The number of H-pyrrole nitrogens is 1. The Kier molecular flexibility index (Phi) is 3.01. The van der Waals surface area contributed by atoms with Gasteiger partial charge in [-0.2, -0.15) is 0 Å². The lowest BCUT2D eigenvalue weighted by atomic mass is 10.3. The van der Waals surface area contributed by atoms with Gasteiger partial charge in [0.05, 0.1) is 7.11 Å². The number of ether oxygens (including phenoxy) is 1. The van der Waals surface area contributed by atoms with Crippen LogP contribution in [0.3, 0.4) is 0 Å². The Morgan fingerprint density at radius 2 is 2.06 bits per heavy atom. The second kappa shape index (κ2) is 4.47. The number of halogens is 1. The van der Waals surface area contributed by atoms with Crippen molar-refractivity contribution in [1.29, 1.82) is 0 Å². The first-order valence-corrected chi connectivity index (χ1v) is 5.16. The van der Waals surface area contributed by atoms with Crippen molar-refractivity contribution in [1.82, 2.24) is 9.78 Å². The molecule has 1 aromatic carbocycles. The Labute approximate surface area is 101 Å². The third kappa shape index (κ3) is 2.09. The molecule has 0 aliphatic heterocycles. The molecule has 1 heterocycles. The molecule has 0 fully saturated rings. The minimum atomic E-state index is -0.687. The first kappa shape index (κ1) is 11.5. The molecule has 0 aliphatic carbocycles. The van der Waals surface area contributed by atoms with Crippen molar-refractivity contribution in [2.45, 2.75) is 0 Å². The summed E-state index contributed by atoms with van der Waals surface area (Å²) in [6, 6.07) is 5.96. The van der Waals surface area contributed by atoms with Crippen molar-refractivity contribution < 1.29 is 4.74 Å². The van der Waals surface area contributed by atoms with Gasteiger partial charge in [-0.25, -0.2) is 4.68 Å². The predicted octanol–water partition coefficient (Wildman–Crippen LogP) is 1.19. The van der Waals surface area contributed by atoms with E-state index in [0.717, 1.165) is 10.7 Å². The van der Waals surface area contributed by atoms with Gasteiger partial charge in [-0.1, -0.05) is 11.6 Å². The highest BCUT2D eigenvalue weighted by Crippen LogP contribution is 2.24. The Balaban J connectivity index is 2.76. The Bertz CT molecular complexity index is 660. The first-order valence-electron chi connectivity index (χ1n) is 4.78. The molecule has 0 saturated heterocycles. The number of hydrogen-bond acceptors (Lipinski definition) is 3. The van der Waals surface area contributed by atoms with Crippen LogP contribution in [0.1, 0.15) is 0 Å². The molecule has 0 atom stereocenters. The molecule has 1 N–H and O–H groups in total. The molecule has 88 valence electrons. The van der Waals surface area contributed by atoms with Crippen molar-refractivity contribution in [3.05, 3.63) is 56.1 Å². The number of nitrogens with one attached hydrogen (secondary N) is 1. The number of rotatable bonds is 2. The van der Waals surface area contributed by atoms with Crippen LogP contribution in [0.4, 0.5) is 0 Å². The van der Waals surface area contributed by atoms with E-state index >= 15 is 0 Å². The summed E-state index contributed by atoms with van der Waals surface area (Å²) < 4.78 is 6.20. The van der Waals surface area contributed by atoms with Crippen LogP contribution < -0.4 is 15.7 Å². The Morgan fingerprint density at radius 1 is 1.29 bits per heavy atom. The van der Waals surface area contributed by atoms with Crippen molar-refractivity contribution in [3.8, 4) is 11.4 Å². The summed E-state index contributed by atoms with van der Waals surface area (Å²) >= 11 is 5.85. The van der Waals surface area contributed by atoms with E-state index in [9.17, 15) is 9.59 Å². The summed E-state index contributed by atoms with van der Waals surface area (Å²) in [5.41, 5.74) is -0.901. The molecule has 6 heteroatoms. The fourth-order valence-electron chi connectivity index (χ4n) is 1.44. The van der Waals surface area contributed by atoms with E-state index in [0.29, 0.717) is 16.5 Å². The maximum atomic E-state index is 11.7. The molecule has 1 aromatic heterocycles. The van der Waals surface area contributed by atoms with E-state index in [1.807, 2.05) is 0 Å². The van der Waals surface area contributed by atoms with Gasteiger partial charge in [-0.3, -0.25) is 14.7 Å². The van der Waals surface area contributed by atoms with E-state index in [2.05, 4.69) is 5.10 Å². The monoisotopic (exact) mass is 252 g/mol. The van der Waals surface area contributed by atoms with Gasteiger partial charge >= 0.3 is 5.56 Å². The van der Waals surface area contributed by atoms with Gasteiger partial charge in [-0.15, -0.1) is 0 Å². The largest absolute Gasteiger partial charge is 0.494 e. The molecule has 0 aliphatic rings. The summed E-state index contributed by atoms with van der Waals surface area (Å²) in [5, 5.41) is 3.10. The fraction of sp³-hybridized carbons (Fsp3) is 0.0909. The normalized spacial score (nSPS) is 10.2. The molecule has 0 radical (unpaired) electrons. The highest BCUT2D eigenvalue weighted by atomic mass is 35.5. The van der Waals surface area contributed by atoms with Crippen LogP contribution in [0.15, 0.2) is 40.1 Å². The van der Waals surface area contributed by atoms with Crippen LogP contribution in [0.25, 0.3) is 5.69 Å². The van der Waals surface area contributed by atoms with E-state index in [1.54, 1.807) is 12.1 Å². The number of methoxy groups -OCH3 is 1. The second-order valence-electron chi connectivity index (χ2n) is 3.28. The smallest absolute Gasteiger partial charge is 0.317 e. The van der Waals surface area contributed by atoms with Crippen molar-refractivity contribution in [3.63, 3.8) is 0 Å². The number of aromatic amines is 1. The van der Waals surface area contributed by atoms with E-state index in [1.165, 1.54) is 19.4 Å². The van der Waals surface area contributed by atoms with Gasteiger partial charge in [0, 0.05) is 17.3 Å². The summed E-state index contributed by atoms with van der Waals surface area (Å²) in [5.74, 6) is 0.443. The van der Waals surface area contributed by atoms with Crippen LogP contribution in [0.2, 0.25) is 5.02 Å². The van der Waals surface area contributed by atoms with Crippen molar-refractivity contribution in [2.24, 2.45) is 0 Å². The lowest BCUT2D eigenvalue weighted by Crippen LogP contribution is -2.34. The lowest BCUT2D eigenvalue weighted by molar-refractivity contribution is 0.411. The molecular weight excluding hydrogens is 244 g/mol. The molecule has 0 bridgehead atoms. The van der Waals surface area contributed by atoms with Crippen LogP contribution in [0, 0.1) is 0 Å². The fourth-order valence-corrected chi connectivity index (χ4v) is 1.61. The van der Waals surface area contributed by atoms with Crippen LogP contribution >= 0.6 is 11.6 Å². The number of nitrogens with zero attached hydrogens (tertiary/aromatic N) is 1. The van der Waals surface area contributed by atoms with Crippen molar-refractivity contribution >= 4 is 11.6 Å². The predicted molar refractivity (Wildman–Crippen MR) is 64.2 cm³/mol. The second-order valence-corrected chi connectivity index (χ2v) is 3.72. The van der Waals surface area contributed by atoms with E-state index in [4.69, 9.17) is 16.3 Å². The van der Waals surface area contributed by atoms with Crippen LogP contribution in [-0.2, 0) is 0 Å².